The molecule has 2 N–H and O–H groups in total. The van der Waals surface area contributed by atoms with E-state index in [1.165, 1.54) is 23.1 Å². The molecule has 3 aromatic rings. The molecule has 1 aromatic heterocycles. The lowest BCUT2D eigenvalue weighted by atomic mass is 10.1. The minimum atomic E-state index is -0.946. The van der Waals surface area contributed by atoms with Crippen molar-refractivity contribution in [1.29, 1.82) is 0 Å². The van der Waals surface area contributed by atoms with Gasteiger partial charge >= 0.3 is 11.9 Å². The van der Waals surface area contributed by atoms with Crippen LogP contribution in [0.25, 0.3) is 0 Å². The fraction of sp³-hybridized carbons (Fsp3) is 0.385. The number of carbonyl (C=O) groups is 1. The molecule has 0 atom stereocenters. The molecule has 1 aliphatic rings. The topological polar surface area (TPSA) is 183 Å². The zero-order valence-corrected chi connectivity index (χ0v) is 24.2. The Bertz CT molecular complexity index is 1400. The van der Waals surface area contributed by atoms with E-state index in [2.05, 4.69) is 25.2 Å². The number of aryl methyl sites for hydroxylation is 1. The van der Waals surface area contributed by atoms with Crippen LogP contribution in [0.1, 0.15) is 18.1 Å². The molecule has 0 saturated carbocycles. The van der Waals surface area contributed by atoms with Gasteiger partial charge < -0.3 is 25.1 Å². The van der Waals surface area contributed by atoms with Gasteiger partial charge in [0, 0.05) is 25.3 Å². The molecule has 0 unspecified atom stereocenters. The largest absolute Gasteiger partial charge is 0.600 e. The van der Waals surface area contributed by atoms with E-state index in [0.29, 0.717) is 44.0 Å². The quantitative estimate of drug-likeness (QED) is 0.104. The van der Waals surface area contributed by atoms with Gasteiger partial charge in [-0.2, -0.15) is 10.0 Å². The van der Waals surface area contributed by atoms with Crippen molar-refractivity contribution in [2.45, 2.75) is 20.3 Å². The van der Waals surface area contributed by atoms with E-state index in [0.717, 1.165) is 5.56 Å². The van der Waals surface area contributed by atoms with Gasteiger partial charge in [0.05, 0.1) is 35.0 Å². The molecule has 43 heavy (non-hydrogen) atoms. The molecule has 1 saturated heterocycles. The zero-order valence-electron chi connectivity index (χ0n) is 23.4. The highest BCUT2D eigenvalue weighted by atomic mass is 35.5. The van der Waals surface area contributed by atoms with Gasteiger partial charge in [-0.05, 0) is 37.3 Å². The number of para-hydroxylation sites is 1. The highest BCUT2D eigenvalue weighted by Crippen LogP contribution is 2.30. The van der Waals surface area contributed by atoms with Crippen molar-refractivity contribution in [2.24, 2.45) is 4.99 Å². The number of aliphatic imine (C=N–C) groups is 1. The maximum Gasteiger partial charge on any atom is 0.326 e. The van der Waals surface area contributed by atoms with Crippen molar-refractivity contribution < 1.29 is 43.4 Å². The van der Waals surface area contributed by atoms with Crippen LogP contribution in [-0.2, 0) is 20.8 Å². The van der Waals surface area contributed by atoms with Crippen molar-refractivity contribution in [3.8, 4) is 0 Å². The number of carboxylic acid groups (broad SMARTS) is 1. The van der Waals surface area contributed by atoms with E-state index in [9.17, 15) is 24.4 Å². The Morgan fingerprint density at radius 2 is 2.05 bits per heavy atom. The number of nitrogens with zero attached hydrogens (tertiary/aromatic N) is 6. The van der Waals surface area contributed by atoms with Crippen LogP contribution in [0.15, 0.2) is 52.1 Å². The van der Waals surface area contributed by atoms with Crippen LogP contribution in [0.3, 0.4) is 0 Å². The molecule has 17 heteroatoms. The Labute approximate surface area is 250 Å². The third-order valence-electron chi connectivity index (χ3n) is 5.98. The van der Waals surface area contributed by atoms with Crippen molar-refractivity contribution >= 4 is 40.9 Å². The van der Waals surface area contributed by atoms with Crippen LogP contribution in [0.5, 0.6) is 0 Å². The predicted molar refractivity (Wildman–Crippen MR) is 150 cm³/mol. The number of aromatic nitrogens is 2. The van der Waals surface area contributed by atoms with E-state index in [1.54, 1.807) is 25.1 Å². The number of hydrogen-bond donors (Lipinski definition) is 2. The number of ether oxygens (including phenoxy) is 1. The van der Waals surface area contributed by atoms with Gasteiger partial charge in [0.25, 0.3) is 11.3 Å². The van der Waals surface area contributed by atoms with E-state index in [1.807, 2.05) is 22.9 Å². The summed E-state index contributed by atoms with van der Waals surface area (Å²) in [6.07, 6.45) is 0.616. The maximum atomic E-state index is 13.7. The second kappa shape index (κ2) is 16.1. The summed E-state index contributed by atoms with van der Waals surface area (Å²) in [6, 6.07) is 9.66. The average Bonchev–Trinajstić information content (AvgIpc) is 3.40. The molecule has 0 radical (unpaired) electrons. The summed E-state index contributed by atoms with van der Waals surface area (Å²) in [5, 5.41) is 38.3. The first-order valence-electron chi connectivity index (χ1n) is 13.1. The Morgan fingerprint density at radius 3 is 2.70 bits per heavy atom. The van der Waals surface area contributed by atoms with Crippen molar-refractivity contribution in [3.05, 3.63) is 74.7 Å². The second-order valence-electron chi connectivity index (χ2n) is 9.08. The zero-order chi connectivity index (χ0) is 31.4. The molecule has 0 aliphatic carbocycles. The van der Waals surface area contributed by atoms with E-state index >= 15 is 0 Å². The van der Waals surface area contributed by atoms with Gasteiger partial charge in [0.15, 0.2) is 6.08 Å². The highest BCUT2D eigenvalue weighted by Gasteiger charge is 2.26. The van der Waals surface area contributed by atoms with E-state index in [4.69, 9.17) is 21.2 Å². The van der Waals surface area contributed by atoms with Gasteiger partial charge in [0.2, 0.25) is 5.27 Å². The number of nitrogens with one attached hydrogen (secondary N) is 1. The predicted octanol–water partition coefficient (Wildman–Crippen LogP) is 1.97. The first kappa shape index (κ1) is 32.8. The molecule has 0 spiro atoms. The monoisotopic (exact) mass is 623 g/mol. The summed E-state index contributed by atoms with van der Waals surface area (Å²) < 4.78 is 23.4. The maximum absolute atomic E-state index is 13.7. The number of hydrogen-bond acceptors (Lipinski definition) is 12. The molecule has 1 aliphatic heterocycles. The van der Waals surface area contributed by atoms with Gasteiger partial charge in [-0.25, -0.2) is 4.39 Å². The minimum absolute atomic E-state index is 0.0483. The van der Waals surface area contributed by atoms with Crippen molar-refractivity contribution in [2.75, 3.05) is 56.3 Å². The Hall–Kier alpha value is -4.70. The molecule has 0 amide bonds. The van der Waals surface area contributed by atoms with Gasteiger partial charge in [0.1, 0.15) is 12.4 Å². The van der Waals surface area contributed by atoms with Gasteiger partial charge in [-0.15, -0.1) is 10.1 Å². The molecular formula is C26H31ClFN7O8. The standard InChI is InChI=1S/C15H13ClFNO2.C11H18N6O6/c1-9-5-6-13(10(7-9)8-14(19)20)18-15-11(16)3-2-4-12(15)17;1-2-21-11(18)12-10-9-16(13-23-10)15-5-3-14(4-6-15)7-8-22-17(19)20/h2-7,18H,8H2,1H3,(H,19,20);9H,2-8H2,1H3. The number of carboxylic acids is 1. The molecule has 0 bridgehead atoms. The Morgan fingerprint density at radius 1 is 1.30 bits per heavy atom. The van der Waals surface area contributed by atoms with Crippen LogP contribution < -0.4 is 20.2 Å². The third-order valence-corrected chi connectivity index (χ3v) is 6.30. The number of benzene rings is 2. The summed E-state index contributed by atoms with van der Waals surface area (Å²) >= 11 is 5.95. The lowest BCUT2D eigenvalue weighted by Gasteiger charge is -2.29. The summed E-state index contributed by atoms with van der Waals surface area (Å²) in [5.41, 5.74) is 2.19. The number of halogens is 2. The fourth-order valence-electron chi connectivity index (χ4n) is 3.97. The van der Waals surface area contributed by atoms with Crippen LogP contribution >= 0.6 is 11.6 Å². The number of aliphatic carboxylic acids is 1. The molecular weight excluding hydrogens is 593 g/mol. The molecule has 4 rings (SSSR count). The number of anilines is 2. The van der Waals surface area contributed by atoms with Gasteiger partial charge in [-0.1, -0.05) is 42.3 Å². The van der Waals surface area contributed by atoms with E-state index < -0.39 is 23.0 Å². The Kier molecular flexibility index (Phi) is 12.3. The molecule has 2 heterocycles. The summed E-state index contributed by atoms with van der Waals surface area (Å²) in [7, 11) is 0. The molecule has 15 nitrogen and oxygen atoms in total. The summed E-state index contributed by atoms with van der Waals surface area (Å²) in [4.78, 5) is 32.4. The van der Waals surface area contributed by atoms with Crippen molar-refractivity contribution in [1.82, 2.24) is 10.2 Å². The van der Waals surface area contributed by atoms with Crippen LogP contribution in [0.2, 0.25) is 5.02 Å². The van der Waals surface area contributed by atoms with Crippen LogP contribution in [0.4, 0.5) is 21.6 Å². The normalized spacial score (nSPS) is 13.6. The average molecular weight is 624 g/mol. The smallest absolute Gasteiger partial charge is 0.326 e. The van der Waals surface area contributed by atoms with Gasteiger partial charge in [-0.3, -0.25) is 14.2 Å². The summed E-state index contributed by atoms with van der Waals surface area (Å²) in [5.74, 6) is -1.37. The first-order valence-corrected chi connectivity index (χ1v) is 13.5. The molecule has 232 valence electrons. The SMILES string of the molecule is CCO/C([O-])=N/c1c[n+](N2CCN(CCO[N+](=O)[O-])CC2)no1.Cc1ccc(Nc2c(F)cccc2Cl)c(CC(=O)O)c1. The third kappa shape index (κ3) is 10.6. The first-order chi connectivity index (χ1) is 20.5. The Balaban J connectivity index is 0.000000238. The summed E-state index contributed by atoms with van der Waals surface area (Å²) in [6.45, 7) is 7.02. The van der Waals surface area contributed by atoms with Crippen LogP contribution in [-0.4, -0.2) is 78.4 Å². The molecule has 1 fully saturated rings. The van der Waals surface area contributed by atoms with Crippen LogP contribution in [0, 0.1) is 22.9 Å². The highest BCUT2D eigenvalue weighted by molar-refractivity contribution is 6.33. The number of piperazine rings is 1. The fourth-order valence-corrected chi connectivity index (χ4v) is 4.18. The lowest BCUT2D eigenvalue weighted by molar-refractivity contribution is -0.760. The minimum Gasteiger partial charge on any atom is -0.600 e. The number of rotatable bonds is 11. The second-order valence-corrected chi connectivity index (χ2v) is 9.48. The molecule has 2 aromatic carbocycles. The van der Waals surface area contributed by atoms with Crippen molar-refractivity contribution in [3.63, 3.8) is 0 Å². The lowest BCUT2D eigenvalue weighted by Crippen LogP contribution is -2.65. The van der Waals surface area contributed by atoms with E-state index in [-0.39, 0.29) is 36.2 Å².